The maximum atomic E-state index is 12.7. The van der Waals surface area contributed by atoms with Gasteiger partial charge in [-0.2, -0.15) is 0 Å². The third-order valence-electron chi connectivity index (χ3n) is 3.47. The van der Waals surface area contributed by atoms with E-state index in [1.165, 1.54) is 6.92 Å². The minimum atomic E-state index is -3.74. The van der Waals surface area contributed by atoms with Crippen molar-refractivity contribution in [3.63, 3.8) is 0 Å². The Hall–Kier alpha value is -1.59. The Labute approximate surface area is 157 Å². The zero-order valence-electron chi connectivity index (χ0n) is 15.4. The van der Waals surface area contributed by atoms with Crippen LogP contribution in [0, 0.1) is 5.92 Å². The molecule has 9 nitrogen and oxygen atoms in total. The monoisotopic (exact) mass is 403 g/mol. The van der Waals surface area contributed by atoms with Gasteiger partial charge >= 0.3 is 0 Å². The summed E-state index contributed by atoms with van der Waals surface area (Å²) in [5, 5.41) is 18.0. The van der Waals surface area contributed by atoms with E-state index in [2.05, 4.69) is 25.7 Å². The van der Waals surface area contributed by atoms with E-state index in [0.717, 1.165) is 17.8 Å². The second-order valence-electron chi connectivity index (χ2n) is 6.17. The van der Waals surface area contributed by atoms with Crippen LogP contribution < -0.4 is 5.32 Å². The lowest BCUT2D eigenvalue weighted by molar-refractivity contribution is 0.147. The lowest BCUT2D eigenvalue weighted by Gasteiger charge is -2.05. The van der Waals surface area contributed by atoms with E-state index in [1.54, 1.807) is 0 Å². The van der Waals surface area contributed by atoms with Crippen molar-refractivity contribution >= 4 is 26.3 Å². The Bertz CT molecular complexity index is 788. The average molecular weight is 404 g/mol. The summed E-state index contributed by atoms with van der Waals surface area (Å²) in [5.41, 5.74) is 0. The molecule has 2 heterocycles. The summed E-state index contributed by atoms with van der Waals surface area (Å²) < 4.78 is 36.1. The van der Waals surface area contributed by atoms with Crippen molar-refractivity contribution in [2.24, 2.45) is 5.92 Å². The van der Waals surface area contributed by atoms with Gasteiger partial charge in [-0.1, -0.05) is 25.2 Å². The number of anilines is 1. The molecule has 0 saturated heterocycles. The molecule has 0 saturated carbocycles. The van der Waals surface area contributed by atoms with Crippen LogP contribution in [-0.4, -0.2) is 48.6 Å². The lowest BCUT2D eigenvalue weighted by atomic mass is 10.1. The molecule has 0 aliphatic carbocycles. The minimum absolute atomic E-state index is 0.0686. The number of hydrogen-bond acceptors (Lipinski definition) is 10. The molecule has 2 aromatic rings. The number of rotatable bonds is 11. The summed E-state index contributed by atoms with van der Waals surface area (Å²) >= 11 is 0.992. The fraction of sp³-hybridized carbons (Fsp3) is 0.733. The van der Waals surface area contributed by atoms with Crippen molar-refractivity contribution in [2.45, 2.75) is 50.1 Å². The van der Waals surface area contributed by atoms with E-state index in [9.17, 15) is 8.42 Å². The van der Waals surface area contributed by atoms with Crippen LogP contribution in [0.3, 0.4) is 0 Å². The first-order chi connectivity index (χ1) is 12.3. The highest BCUT2D eigenvalue weighted by Crippen LogP contribution is 2.31. The van der Waals surface area contributed by atoms with Crippen molar-refractivity contribution in [3.8, 4) is 0 Å². The number of sulfone groups is 1. The number of nitrogens with one attached hydrogen (secondary N) is 1. The molecule has 0 unspecified atom stereocenters. The van der Waals surface area contributed by atoms with Crippen molar-refractivity contribution < 1.29 is 17.6 Å². The van der Waals surface area contributed by atoms with Gasteiger partial charge in [0.05, 0.1) is 0 Å². The van der Waals surface area contributed by atoms with E-state index in [1.807, 2.05) is 20.8 Å². The molecule has 2 aromatic heterocycles. The van der Waals surface area contributed by atoms with E-state index < -0.39 is 15.1 Å². The van der Waals surface area contributed by atoms with Crippen LogP contribution in [0.25, 0.3) is 0 Å². The maximum Gasteiger partial charge on any atom is 0.235 e. The molecule has 0 aliphatic heterocycles. The van der Waals surface area contributed by atoms with Crippen LogP contribution in [0.4, 0.5) is 5.13 Å². The number of nitrogens with zero attached hydrogens (tertiary/aromatic N) is 4. The molecule has 0 amide bonds. The molecular weight excluding hydrogens is 378 g/mol. The van der Waals surface area contributed by atoms with Gasteiger partial charge in [0.15, 0.2) is 0 Å². The molecule has 0 radical (unpaired) electrons. The van der Waals surface area contributed by atoms with Gasteiger partial charge in [-0.3, -0.25) is 0 Å². The quantitative estimate of drug-likeness (QED) is 0.564. The molecule has 0 fully saturated rings. The Balaban J connectivity index is 2.01. The van der Waals surface area contributed by atoms with Crippen molar-refractivity contribution in [3.05, 3.63) is 11.8 Å². The molecule has 11 heteroatoms. The van der Waals surface area contributed by atoms with E-state index in [4.69, 9.17) is 9.15 Å². The Morgan fingerprint density at radius 1 is 1.19 bits per heavy atom. The van der Waals surface area contributed by atoms with Gasteiger partial charge in [0.25, 0.3) is 0 Å². The van der Waals surface area contributed by atoms with Gasteiger partial charge in [0.2, 0.25) is 31.1 Å². The van der Waals surface area contributed by atoms with E-state index >= 15 is 0 Å². The fourth-order valence-corrected chi connectivity index (χ4v) is 4.51. The number of ether oxygens (including phenoxy) is 1. The molecule has 0 bridgehead atoms. The zero-order valence-corrected chi connectivity index (χ0v) is 17.1. The summed E-state index contributed by atoms with van der Waals surface area (Å²) in [6.07, 6.45) is 1.40. The van der Waals surface area contributed by atoms with Crippen LogP contribution in [0.15, 0.2) is 8.76 Å². The topological polar surface area (TPSA) is 120 Å². The Morgan fingerprint density at radius 3 is 2.65 bits per heavy atom. The molecule has 0 spiro atoms. The molecule has 1 atom stereocenters. The summed E-state index contributed by atoms with van der Waals surface area (Å²) in [7, 11) is -3.74. The largest absolute Gasteiger partial charge is 0.424 e. The Kier molecular flexibility index (Phi) is 7.47. The first kappa shape index (κ1) is 20.7. The molecule has 0 aromatic carbocycles. The summed E-state index contributed by atoms with van der Waals surface area (Å²) in [5.74, 6) is 0.850. The van der Waals surface area contributed by atoms with Crippen LogP contribution in [0.2, 0.25) is 0 Å². The second kappa shape index (κ2) is 9.38. The average Bonchev–Trinajstić information content (AvgIpc) is 3.23. The Morgan fingerprint density at radius 2 is 1.96 bits per heavy atom. The fourth-order valence-electron chi connectivity index (χ4n) is 2.06. The third kappa shape index (κ3) is 5.45. The van der Waals surface area contributed by atoms with Gasteiger partial charge < -0.3 is 14.5 Å². The van der Waals surface area contributed by atoms with Crippen LogP contribution in [0.1, 0.15) is 51.1 Å². The molecule has 146 valence electrons. The highest BCUT2D eigenvalue weighted by Gasteiger charge is 2.33. The molecule has 26 heavy (non-hydrogen) atoms. The van der Waals surface area contributed by atoms with E-state index in [0.29, 0.717) is 43.1 Å². The minimum Gasteiger partial charge on any atom is -0.424 e. The standard InChI is InChI=1S/C15H25N5O4S2/c1-5-23-8-6-7-16-14-19-20-15(25-14)26(21,22)11(4)13-18-17-12(24-13)9-10(2)3/h10-11H,5-9H2,1-4H3,(H,16,19)/t11-/m1/s1. The highest BCUT2D eigenvalue weighted by atomic mass is 32.2. The first-order valence-corrected chi connectivity index (χ1v) is 10.9. The molecular formula is C15H25N5O4S2. The summed E-state index contributed by atoms with van der Waals surface area (Å²) in [6, 6.07) is 0. The van der Waals surface area contributed by atoms with Crippen LogP contribution >= 0.6 is 11.3 Å². The smallest absolute Gasteiger partial charge is 0.235 e. The summed E-state index contributed by atoms with van der Waals surface area (Å²) in [6.45, 7) is 9.44. The molecule has 2 rings (SSSR count). The zero-order chi connectivity index (χ0) is 19.2. The van der Waals surface area contributed by atoms with E-state index in [-0.39, 0.29) is 10.2 Å². The second-order valence-corrected chi connectivity index (χ2v) is 9.59. The normalized spacial score (nSPS) is 13.3. The van der Waals surface area contributed by atoms with Crippen LogP contribution in [0.5, 0.6) is 0 Å². The van der Waals surface area contributed by atoms with Gasteiger partial charge in [0, 0.05) is 26.2 Å². The summed E-state index contributed by atoms with van der Waals surface area (Å²) in [4.78, 5) is 0. The van der Waals surface area contributed by atoms with Crippen LogP contribution in [-0.2, 0) is 21.0 Å². The predicted molar refractivity (Wildman–Crippen MR) is 97.9 cm³/mol. The molecule has 1 N–H and O–H groups in total. The first-order valence-electron chi connectivity index (χ1n) is 8.55. The van der Waals surface area contributed by atoms with Crippen molar-refractivity contribution in [1.82, 2.24) is 20.4 Å². The highest BCUT2D eigenvalue weighted by molar-refractivity contribution is 7.93. The maximum absolute atomic E-state index is 12.7. The van der Waals surface area contributed by atoms with Gasteiger partial charge in [0.1, 0.15) is 5.25 Å². The van der Waals surface area contributed by atoms with Gasteiger partial charge in [-0.15, -0.1) is 20.4 Å². The molecule has 0 aliphatic rings. The van der Waals surface area contributed by atoms with Crippen molar-refractivity contribution in [2.75, 3.05) is 25.1 Å². The van der Waals surface area contributed by atoms with Gasteiger partial charge in [-0.25, -0.2) is 8.42 Å². The number of hydrogen-bond donors (Lipinski definition) is 1. The van der Waals surface area contributed by atoms with Gasteiger partial charge in [-0.05, 0) is 26.2 Å². The predicted octanol–water partition coefficient (Wildman–Crippen LogP) is 2.49. The lowest BCUT2D eigenvalue weighted by Crippen LogP contribution is -2.11. The SMILES string of the molecule is CCOCCCNc1nnc(S(=O)(=O)[C@H](C)c2nnc(CC(C)C)o2)s1. The third-order valence-corrected chi connectivity index (χ3v) is 6.80. The van der Waals surface area contributed by atoms with Crippen molar-refractivity contribution in [1.29, 1.82) is 0 Å². The number of aromatic nitrogens is 4.